The minimum atomic E-state index is -2.55. The quantitative estimate of drug-likeness (QED) is 0.138. The van der Waals surface area contributed by atoms with E-state index >= 15 is 0 Å². The van der Waals surface area contributed by atoms with Crippen LogP contribution >= 0.6 is 21.8 Å². The SMILES string of the molecule is OC[P+](CO)(CO)C[P+](CO)(CO)C[P+](CO)(CO)CO.[Y].[Y]. The van der Waals surface area contributed by atoms with Crippen LogP contribution in [-0.2, 0) is 65.4 Å². The summed E-state index contributed by atoms with van der Waals surface area (Å²) in [4.78, 5) is 0. The molecule has 0 aliphatic carbocycles. The molecule has 0 spiro atoms. The van der Waals surface area contributed by atoms with Crippen LogP contribution in [0.25, 0.3) is 0 Å². The van der Waals surface area contributed by atoms with Crippen molar-refractivity contribution in [2.75, 3.05) is 62.6 Å². The summed E-state index contributed by atoms with van der Waals surface area (Å²) in [6.45, 7) is 0. The van der Waals surface area contributed by atoms with E-state index < -0.39 is 72.6 Å². The maximum absolute atomic E-state index is 9.71. The number of hydrogen-bond acceptors (Lipinski definition) is 8. The molecule has 0 unspecified atom stereocenters. The summed E-state index contributed by atoms with van der Waals surface area (Å²) < 4.78 is 0. The number of aliphatic hydroxyl groups excluding tert-OH is 8. The molecule has 0 aromatic carbocycles. The molecule has 0 bridgehead atoms. The van der Waals surface area contributed by atoms with Crippen molar-refractivity contribution in [1.82, 2.24) is 0 Å². The van der Waals surface area contributed by atoms with Crippen LogP contribution in [0, 0.1) is 0 Å². The number of hydrogen-bond donors (Lipinski definition) is 8. The van der Waals surface area contributed by atoms with Gasteiger partial charge in [-0.05, 0) is 0 Å². The standard InChI is InChI=1S/C10H28O8P3.2Y/c11-1-19(2-12,3-13)9-21(7-17,8-18)10-20(4-14,5-15)6-16;;/h11-18H,1-10H2;;/q+3;;. The van der Waals surface area contributed by atoms with E-state index in [1.807, 2.05) is 0 Å². The van der Waals surface area contributed by atoms with Crippen LogP contribution in [-0.4, -0.2) is 103 Å². The van der Waals surface area contributed by atoms with E-state index in [2.05, 4.69) is 0 Å². The van der Waals surface area contributed by atoms with Crippen molar-refractivity contribution < 1.29 is 106 Å². The second kappa shape index (κ2) is 15.1. The molecular weight excluding hydrogens is 519 g/mol. The Labute approximate surface area is 188 Å². The van der Waals surface area contributed by atoms with Crippen molar-refractivity contribution in [1.29, 1.82) is 0 Å². The Morgan fingerprint density at radius 2 is 0.522 bits per heavy atom. The summed E-state index contributed by atoms with van der Waals surface area (Å²) in [5, 5.41) is 76.1. The molecule has 134 valence electrons. The van der Waals surface area contributed by atoms with E-state index in [0.29, 0.717) is 0 Å². The topological polar surface area (TPSA) is 162 Å². The molecule has 0 rings (SSSR count). The third kappa shape index (κ3) is 8.81. The zero-order valence-electron chi connectivity index (χ0n) is 13.1. The van der Waals surface area contributed by atoms with E-state index in [-0.39, 0.29) is 77.2 Å². The summed E-state index contributed by atoms with van der Waals surface area (Å²) in [6.07, 6.45) is -3.26. The Morgan fingerprint density at radius 3 is 0.652 bits per heavy atom. The first-order chi connectivity index (χ1) is 9.90. The second-order valence-electron chi connectivity index (χ2n) is 5.44. The van der Waals surface area contributed by atoms with Crippen LogP contribution in [0.2, 0.25) is 0 Å². The molecule has 13 heteroatoms. The van der Waals surface area contributed by atoms with E-state index in [4.69, 9.17) is 0 Å². The van der Waals surface area contributed by atoms with E-state index in [9.17, 15) is 40.9 Å². The molecule has 0 aliphatic rings. The zero-order valence-corrected chi connectivity index (χ0v) is 21.5. The van der Waals surface area contributed by atoms with Gasteiger partial charge in [0.05, 0.1) is 0 Å². The van der Waals surface area contributed by atoms with E-state index in [0.717, 1.165) is 0 Å². The van der Waals surface area contributed by atoms with Crippen LogP contribution in [0.4, 0.5) is 0 Å². The van der Waals surface area contributed by atoms with Gasteiger partial charge in [-0.15, -0.1) is 0 Å². The first-order valence-electron chi connectivity index (χ1n) is 6.32. The van der Waals surface area contributed by atoms with Crippen LogP contribution in [0.3, 0.4) is 0 Å². The number of rotatable bonds is 12. The van der Waals surface area contributed by atoms with Gasteiger partial charge in [0.2, 0.25) is 0 Å². The fourth-order valence-electron chi connectivity index (χ4n) is 2.08. The minimum Gasteiger partial charge on any atom is -0.361 e. The predicted molar refractivity (Wildman–Crippen MR) is 87.2 cm³/mol. The molecular formula is C10H28O8P3Y2+3. The molecule has 2 radical (unpaired) electrons. The molecule has 0 aromatic heterocycles. The van der Waals surface area contributed by atoms with Crippen LogP contribution in [0.1, 0.15) is 0 Å². The molecule has 0 aliphatic heterocycles. The molecule has 0 saturated carbocycles. The monoisotopic (exact) mass is 547 g/mol. The molecule has 8 N–H and O–H groups in total. The second-order valence-corrected chi connectivity index (χ2v) is 18.0. The van der Waals surface area contributed by atoms with E-state index in [1.165, 1.54) is 0 Å². The van der Waals surface area contributed by atoms with Gasteiger partial charge >= 0.3 is 0 Å². The Morgan fingerprint density at radius 1 is 0.348 bits per heavy atom. The van der Waals surface area contributed by atoms with Gasteiger partial charge in [0.25, 0.3) is 0 Å². The van der Waals surface area contributed by atoms with Gasteiger partial charge in [0.15, 0.2) is 62.6 Å². The van der Waals surface area contributed by atoms with Crippen LogP contribution in [0.15, 0.2) is 0 Å². The van der Waals surface area contributed by atoms with Gasteiger partial charge in [-0.1, -0.05) is 0 Å². The molecule has 8 nitrogen and oxygen atoms in total. The van der Waals surface area contributed by atoms with Crippen LogP contribution < -0.4 is 0 Å². The smallest absolute Gasteiger partial charge is 0.175 e. The molecule has 0 aromatic rings. The normalized spacial score (nSPS) is 12.5. The van der Waals surface area contributed by atoms with Crippen LogP contribution in [0.5, 0.6) is 0 Å². The molecule has 0 heterocycles. The summed E-state index contributed by atoms with van der Waals surface area (Å²) in [5.41, 5.74) is 0. The molecule has 23 heavy (non-hydrogen) atoms. The Kier molecular flexibility index (Phi) is 20.3. The Bertz CT molecular complexity index is 251. The summed E-state index contributed by atoms with van der Waals surface area (Å²) in [7, 11) is -7.63. The van der Waals surface area contributed by atoms with E-state index in [1.54, 1.807) is 0 Å². The molecule has 0 atom stereocenters. The average Bonchev–Trinajstić information content (AvgIpc) is 2.57. The maximum Gasteiger partial charge on any atom is 0.175 e. The van der Waals surface area contributed by atoms with Crippen molar-refractivity contribution >= 4 is 21.8 Å². The summed E-state index contributed by atoms with van der Waals surface area (Å²) in [6, 6.07) is 0. The van der Waals surface area contributed by atoms with Crippen molar-refractivity contribution in [3.63, 3.8) is 0 Å². The van der Waals surface area contributed by atoms with Gasteiger partial charge in [0.1, 0.15) is 21.8 Å². The van der Waals surface area contributed by atoms with Gasteiger partial charge in [-0.3, -0.25) is 0 Å². The van der Waals surface area contributed by atoms with Gasteiger partial charge in [0, 0.05) is 65.4 Å². The molecule has 0 amide bonds. The first kappa shape index (κ1) is 30.9. The predicted octanol–water partition coefficient (Wildman–Crippen LogP) is -1.45. The third-order valence-corrected chi connectivity index (χ3v) is 18.0. The Balaban J connectivity index is -0.00000200. The van der Waals surface area contributed by atoms with Crippen molar-refractivity contribution in [3.8, 4) is 0 Å². The number of aliphatic hydroxyl groups is 8. The third-order valence-electron chi connectivity index (χ3n) is 3.60. The molecule has 0 saturated heterocycles. The van der Waals surface area contributed by atoms with Gasteiger partial charge in [-0.25, -0.2) is 0 Å². The molecule has 0 fully saturated rings. The van der Waals surface area contributed by atoms with Crippen molar-refractivity contribution in [2.45, 2.75) is 0 Å². The van der Waals surface area contributed by atoms with Crippen molar-refractivity contribution in [2.24, 2.45) is 0 Å². The van der Waals surface area contributed by atoms with Crippen molar-refractivity contribution in [3.05, 3.63) is 0 Å². The fourth-order valence-corrected chi connectivity index (χ4v) is 17.6. The first-order valence-corrected chi connectivity index (χ1v) is 13.9. The van der Waals surface area contributed by atoms with Gasteiger partial charge < -0.3 is 40.9 Å². The average molecular weight is 547 g/mol. The minimum absolute atomic E-state index is 0. The summed E-state index contributed by atoms with van der Waals surface area (Å²) >= 11 is 0. The largest absolute Gasteiger partial charge is 0.361 e. The maximum atomic E-state index is 9.71. The summed E-state index contributed by atoms with van der Waals surface area (Å²) in [5.74, 6) is 0.219. The fraction of sp³-hybridized carbons (Fsp3) is 1.00. The zero-order chi connectivity index (χ0) is 16.6. The Hall–Kier alpha value is 3.18. The van der Waals surface area contributed by atoms with Gasteiger partial charge in [-0.2, -0.15) is 0 Å².